The molecule has 0 spiro atoms. The quantitative estimate of drug-likeness (QED) is 0.0619. The summed E-state index contributed by atoms with van der Waals surface area (Å²) < 4.78 is 23.0. The first-order valence-corrected chi connectivity index (χ1v) is 18.5. The molecule has 2 atom stereocenters. The van der Waals surface area contributed by atoms with E-state index in [1.807, 2.05) is 13.8 Å². The Morgan fingerprint density at radius 1 is 0.600 bits per heavy atom. The number of amides is 4. The molecule has 0 bridgehead atoms. The largest absolute Gasteiger partial charge is 0.444 e. The zero-order valence-corrected chi connectivity index (χ0v) is 33.9. The molecule has 0 aromatic heterocycles. The van der Waals surface area contributed by atoms with Crippen LogP contribution in [-0.2, 0) is 18.9 Å². The van der Waals surface area contributed by atoms with Gasteiger partial charge in [0.05, 0.1) is 0 Å². The Kier molecular flexibility index (Phi) is 19.6. The van der Waals surface area contributed by atoms with Gasteiger partial charge in [-0.25, -0.2) is 19.2 Å². The van der Waals surface area contributed by atoms with Gasteiger partial charge in [0.1, 0.15) is 34.2 Å². The van der Waals surface area contributed by atoms with Gasteiger partial charge in [0.2, 0.25) is 0 Å². The van der Waals surface area contributed by atoms with Gasteiger partial charge in [0, 0.05) is 12.5 Å². The number of hydrogen-bond donors (Lipinski definition) is 4. The van der Waals surface area contributed by atoms with Crippen LogP contribution < -0.4 is 21.7 Å². The van der Waals surface area contributed by atoms with Crippen molar-refractivity contribution >= 4 is 24.4 Å². The zero-order chi connectivity index (χ0) is 39.0. The van der Waals surface area contributed by atoms with Crippen molar-refractivity contribution in [2.75, 3.05) is 13.1 Å². The molecule has 0 aromatic rings. The number of carbonyl (C=O) groups excluding carboxylic acids is 4. The standard InChI is InChI=1S/C37H73N5O8/c1-15-17-24-37(40-30(44)48-34(6,7)8,41-31(45)49-35(9,10)11)27(23-20-18-19-21-25-38)26-42(32(46)50-36(12,13)14)28(22-16-2)39-29(43)47-33(3,4)5/h27-28H,15-26,38H2,1-14H3,(H,39,43)(H,40,44)(H,41,45). The van der Waals surface area contributed by atoms with Gasteiger partial charge in [0.25, 0.3) is 0 Å². The van der Waals surface area contributed by atoms with Crippen molar-refractivity contribution in [3.8, 4) is 0 Å². The van der Waals surface area contributed by atoms with Crippen molar-refractivity contribution in [1.82, 2.24) is 20.9 Å². The van der Waals surface area contributed by atoms with Crippen molar-refractivity contribution in [1.29, 1.82) is 0 Å². The molecule has 13 heteroatoms. The summed E-state index contributed by atoms with van der Waals surface area (Å²) in [6.07, 6.45) is 2.91. The van der Waals surface area contributed by atoms with Crippen LogP contribution in [0.4, 0.5) is 19.2 Å². The number of hydrogen-bond acceptors (Lipinski definition) is 9. The van der Waals surface area contributed by atoms with Gasteiger partial charge in [-0.1, -0.05) is 46.0 Å². The van der Waals surface area contributed by atoms with E-state index in [4.69, 9.17) is 24.7 Å². The predicted molar refractivity (Wildman–Crippen MR) is 198 cm³/mol. The minimum atomic E-state index is -1.42. The molecule has 4 amide bonds. The first-order chi connectivity index (χ1) is 22.8. The second-order valence-corrected chi connectivity index (χ2v) is 17.1. The summed E-state index contributed by atoms with van der Waals surface area (Å²) in [5.74, 6) is -0.584. The molecule has 0 saturated heterocycles. The van der Waals surface area contributed by atoms with Gasteiger partial charge in [-0.15, -0.1) is 0 Å². The second-order valence-electron chi connectivity index (χ2n) is 17.1. The van der Waals surface area contributed by atoms with Crippen LogP contribution in [0, 0.1) is 5.92 Å². The highest BCUT2D eigenvalue weighted by molar-refractivity contribution is 5.73. The molecular weight excluding hydrogens is 642 g/mol. The third-order valence-corrected chi connectivity index (χ3v) is 7.24. The minimum Gasteiger partial charge on any atom is -0.444 e. The average molecular weight is 716 g/mol. The maximum Gasteiger partial charge on any atom is 0.411 e. The third kappa shape index (κ3) is 21.3. The van der Waals surface area contributed by atoms with E-state index in [-0.39, 0.29) is 6.54 Å². The van der Waals surface area contributed by atoms with Crippen LogP contribution >= 0.6 is 0 Å². The van der Waals surface area contributed by atoms with Gasteiger partial charge < -0.3 is 30.0 Å². The summed E-state index contributed by atoms with van der Waals surface area (Å²) in [5.41, 5.74) is 1.08. The summed E-state index contributed by atoms with van der Waals surface area (Å²) in [6.45, 7) is 25.7. The van der Waals surface area contributed by atoms with Crippen LogP contribution in [0.3, 0.4) is 0 Å². The molecule has 0 heterocycles. The minimum absolute atomic E-state index is 0.00156. The lowest BCUT2D eigenvalue weighted by Crippen LogP contribution is -2.68. The Labute approximate surface area is 303 Å². The number of nitrogens with one attached hydrogen (secondary N) is 3. The van der Waals surface area contributed by atoms with Crippen LogP contribution in [0.5, 0.6) is 0 Å². The SMILES string of the molecule is CCCCC(NC(=O)OC(C)(C)C)(NC(=O)OC(C)(C)C)C(CCCCCCN)CN(C(=O)OC(C)(C)C)C(CCC)NC(=O)OC(C)(C)C. The fraction of sp³-hybridized carbons (Fsp3) is 0.892. The summed E-state index contributed by atoms with van der Waals surface area (Å²) in [7, 11) is 0. The molecule has 0 fully saturated rings. The predicted octanol–water partition coefficient (Wildman–Crippen LogP) is 8.34. The maximum atomic E-state index is 14.1. The van der Waals surface area contributed by atoms with Gasteiger partial charge in [-0.05, 0) is 122 Å². The Balaban J connectivity index is 7.46. The molecule has 0 saturated carbocycles. The Morgan fingerprint density at radius 3 is 1.48 bits per heavy atom. The molecule has 2 unspecified atom stereocenters. The zero-order valence-electron chi connectivity index (χ0n) is 33.9. The molecule has 0 radical (unpaired) electrons. The van der Waals surface area contributed by atoms with Crippen molar-refractivity contribution < 1.29 is 38.1 Å². The van der Waals surface area contributed by atoms with E-state index in [0.717, 1.165) is 25.7 Å². The van der Waals surface area contributed by atoms with E-state index in [9.17, 15) is 19.2 Å². The Bertz CT molecular complexity index is 1010. The highest BCUT2D eigenvalue weighted by Crippen LogP contribution is 2.31. The fourth-order valence-corrected chi connectivity index (χ4v) is 5.28. The summed E-state index contributed by atoms with van der Waals surface area (Å²) >= 11 is 0. The first kappa shape index (κ1) is 47.0. The van der Waals surface area contributed by atoms with Crippen LogP contribution in [0.1, 0.15) is 161 Å². The molecule has 0 rings (SSSR count). The number of rotatable bonds is 18. The molecule has 13 nitrogen and oxygen atoms in total. The number of carbonyl (C=O) groups is 4. The first-order valence-electron chi connectivity index (χ1n) is 18.5. The lowest BCUT2D eigenvalue weighted by molar-refractivity contribution is -0.00950. The monoisotopic (exact) mass is 716 g/mol. The van der Waals surface area contributed by atoms with E-state index in [1.54, 1.807) is 83.1 Å². The van der Waals surface area contributed by atoms with Crippen molar-refractivity contribution in [2.24, 2.45) is 11.7 Å². The molecule has 0 aliphatic carbocycles. The topological polar surface area (TPSA) is 171 Å². The van der Waals surface area contributed by atoms with Crippen LogP contribution in [0.2, 0.25) is 0 Å². The van der Waals surface area contributed by atoms with Crippen molar-refractivity contribution in [2.45, 2.75) is 195 Å². The molecule has 294 valence electrons. The lowest BCUT2D eigenvalue weighted by Gasteiger charge is -2.45. The summed E-state index contributed by atoms with van der Waals surface area (Å²) in [5, 5.41) is 8.98. The second kappa shape index (κ2) is 20.8. The Hall–Kier alpha value is -2.96. The summed E-state index contributed by atoms with van der Waals surface area (Å²) in [6, 6.07) is 0. The van der Waals surface area contributed by atoms with Crippen molar-refractivity contribution in [3.05, 3.63) is 0 Å². The highest BCUT2D eigenvalue weighted by Gasteiger charge is 2.45. The van der Waals surface area contributed by atoms with Crippen LogP contribution in [-0.4, -0.2) is 76.6 Å². The van der Waals surface area contributed by atoms with E-state index in [1.165, 1.54) is 4.90 Å². The molecular formula is C37H73N5O8. The molecule has 0 aliphatic heterocycles. The third-order valence-electron chi connectivity index (χ3n) is 7.24. The number of ether oxygens (including phenoxy) is 4. The summed E-state index contributed by atoms with van der Waals surface area (Å²) in [4.78, 5) is 56.0. The van der Waals surface area contributed by atoms with Gasteiger partial charge in [-0.3, -0.25) is 15.5 Å². The normalized spacial score (nSPS) is 13.8. The molecule has 50 heavy (non-hydrogen) atoms. The fourth-order valence-electron chi connectivity index (χ4n) is 5.28. The van der Waals surface area contributed by atoms with Crippen LogP contribution in [0.15, 0.2) is 0 Å². The number of nitrogens with two attached hydrogens (primary N) is 1. The smallest absolute Gasteiger partial charge is 0.411 e. The van der Waals surface area contributed by atoms with Gasteiger partial charge in [-0.2, -0.15) is 0 Å². The van der Waals surface area contributed by atoms with Crippen LogP contribution in [0.25, 0.3) is 0 Å². The number of alkyl carbamates (subject to hydrolysis) is 3. The highest BCUT2D eigenvalue weighted by atomic mass is 16.6. The van der Waals surface area contributed by atoms with Gasteiger partial charge in [0.15, 0.2) is 0 Å². The van der Waals surface area contributed by atoms with E-state index >= 15 is 0 Å². The van der Waals surface area contributed by atoms with E-state index in [0.29, 0.717) is 45.1 Å². The van der Waals surface area contributed by atoms with E-state index in [2.05, 4.69) is 16.0 Å². The van der Waals surface area contributed by atoms with Gasteiger partial charge >= 0.3 is 24.4 Å². The average Bonchev–Trinajstić information content (AvgIpc) is 2.88. The maximum absolute atomic E-state index is 14.1. The molecule has 5 N–H and O–H groups in total. The number of unbranched alkanes of at least 4 members (excludes halogenated alkanes) is 4. The molecule has 0 aromatic carbocycles. The number of nitrogens with zero attached hydrogens (tertiary/aromatic N) is 1. The Morgan fingerprint density at radius 2 is 1.06 bits per heavy atom. The lowest BCUT2D eigenvalue weighted by atomic mass is 9.82. The molecule has 0 aliphatic rings. The van der Waals surface area contributed by atoms with E-state index < -0.39 is 64.5 Å². The van der Waals surface area contributed by atoms with Crippen molar-refractivity contribution in [3.63, 3.8) is 0 Å².